The van der Waals surface area contributed by atoms with Gasteiger partial charge in [-0.05, 0) is 79.9 Å². The van der Waals surface area contributed by atoms with Gasteiger partial charge < -0.3 is 25.6 Å². The molecule has 0 aromatic heterocycles. The number of nitrogens with two attached hydrogens (primary N) is 1. The van der Waals surface area contributed by atoms with Gasteiger partial charge in [-0.15, -0.1) is 12.4 Å². The van der Waals surface area contributed by atoms with Crippen LogP contribution >= 0.6 is 12.4 Å². The molecule has 0 spiro atoms. The minimum Gasteiger partial charge on any atom is -0.489 e. The Morgan fingerprint density at radius 3 is 1.28 bits per heavy atom. The van der Waals surface area contributed by atoms with Crippen LogP contribution in [0.25, 0.3) is 22.3 Å². The van der Waals surface area contributed by atoms with Crippen LogP contribution in [0, 0.1) is 0 Å². The molecule has 8 aromatic rings. The van der Waals surface area contributed by atoms with Crippen molar-refractivity contribution >= 4 is 24.3 Å². The lowest BCUT2D eigenvalue weighted by Gasteiger charge is -2.10. The lowest BCUT2D eigenvalue weighted by atomic mass is 10.0. The van der Waals surface area contributed by atoms with Gasteiger partial charge in [-0.3, -0.25) is 14.0 Å². The molecule has 7 nitrogen and oxygen atoms in total. The number of halogens is 2. The van der Waals surface area contributed by atoms with Crippen LogP contribution in [0.1, 0.15) is 42.2 Å². The highest BCUT2D eigenvalue weighted by atomic mass is 35.5. The largest absolute Gasteiger partial charge is 0.489 e. The molecular formula is C58H60ClFN2O5. The Balaban J connectivity index is 0.000000281. The van der Waals surface area contributed by atoms with E-state index in [-0.39, 0.29) is 32.2 Å². The van der Waals surface area contributed by atoms with Crippen LogP contribution in [0.4, 0.5) is 4.39 Å². The number of carboxylic acid groups (broad SMARTS) is 1. The van der Waals surface area contributed by atoms with E-state index in [1.165, 1.54) is 11.1 Å². The van der Waals surface area contributed by atoms with E-state index in [4.69, 9.17) is 21.7 Å². The zero-order valence-corrected chi connectivity index (χ0v) is 37.5. The van der Waals surface area contributed by atoms with Gasteiger partial charge in [0, 0.05) is 13.1 Å². The zero-order valence-electron chi connectivity index (χ0n) is 37.7. The summed E-state index contributed by atoms with van der Waals surface area (Å²) in [6.07, 6.45) is 0.439. The third kappa shape index (κ3) is 19.6. The summed E-state index contributed by atoms with van der Waals surface area (Å²) in [5, 5.41) is 11.7. The Morgan fingerprint density at radius 1 is 0.507 bits per heavy atom. The number of ether oxygens (including phenoxy) is 2. The number of benzene rings is 8. The molecule has 67 heavy (non-hydrogen) atoms. The maximum atomic E-state index is 12.4. The lowest BCUT2D eigenvalue weighted by Crippen LogP contribution is -2.24. The molecule has 0 atom stereocenters. The molecular weight excluding hydrogens is 859 g/mol. The fourth-order valence-corrected chi connectivity index (χ4v) is 6.50. The van der Waals surface area contributed by atoms with Gasteiger partial charge in [0.2, 0.25) is 5.91 Å². The Morgan fingerprint density at radius 2 is 0.866 bits per heavy atom. The minimum absolute atomic E-state index is 0. The van der Waals surface area contributed by atoms with Crippen LogP contribution in [0.15, 0.2) is 218 Å². The lowest BCUT2D eigenvalue weighted by molar-refractivity contribution is -0.136. The average Bonchev–Trinajstić information content (AvgIpc) is 3.37. The SMILES string of the molecule is C.Cl.NCc1cccc(OCc2ccccc2)c1.O=C(Cc1ccc(-c2ccccc2)cc1)NCc1cccc(OCc2ccccc2)c1.O=C(O)Cc1ccc(-c2ccccc2)cc1.[2H]CF. The maximum absolute atomic E-state index is 12.4. The van der Waals surface area contributed by atoms with Crippen LogP contribution in [0.5, 0.6) is 11.5 Å². The van der Waals surface area contributed by atoms with Crippen LogP contribution in [-0.4, -0.2) is 24.1 Å². The second kappa shape index (κ2) is 30.6. The molecule has 0 saturated heterocycles. The van der Waals surface area contributed by atoms with Crippen LogP contribution in [0.3, 0.4) is 0 Å². The smallest absolute Gasteiger partial charge is 0.307 e. The fraction of sp³-hybridized carbons (Fsp3) is 0.138. The highest BCUT2D eigenvalue weighted by Gasteiger charge is 2.06. The number of rotatable bonds is 15. The molecule has 0 unspecified atom stereocenters. The molecule has 0 aliphatic heterocycles. The summed E-state index contributed by atoms with van der Waals surface area (Å²) < 4.78 is 27.0. The quantitative estimate of drug-likeness (QED) is 0.0945. The number of hydrogen-bond acceptors (Lipinski definition) is 5. The van der Waals surface area contributed by atoms with Gasteiger partial charge in [0.25, 0.3) is 0 Å². The second-order valence-electron chi connectivity index (χ2n) is 14.7. The number of amides is 1. The van der Waals surface area contributed by atoms with Gasteiger partial charge in [-0.1, -0.05) is 202 Å². The van der Waals surface area contributed by atoms with E-state index in [9.17, 15) is 14.0 Å². The summed E-state index contributed by atoms with van der Waals surface area (Å²) in [6.45, 7) is 2.14. The molecule has 0 aliphatic carbocycles. The number of alkyl halides is 1. The van der Waals surface area contributed by atoms with Gasteiger partial charge >= 0.3 is 5.97 Å². The third-order valence-corrected chi connectivity index (χ3v) is 9.86. The zero-order chi connectivity index (χ0) is 46.6. The molecule has 1 amide bonds. The minimum atomic E-state index is -1.00. The molecule has 4 N–H and O–H groups in total. The van der Waals surface area contributed by atoms with Gasteiger partial charge in [0.15, 0.2) is 0 Å². The van der Waals surface area contributed by atoms with Crippen molar-refractivity contribution in [2.75, 3.05) is 7.15 Å². The molecule has 0 saturated carbocycles. The van der Waals surface area contributed by atoms with Gasteiger partial charge in [-0.25, -0.2) is 0 Å². The summed E-state index contributed by atoms with van der Waals surface area (Å²) in [7, 11) is -1.00. The van der Waals surface area contributed by atoms with E-state index in [0.717, 1.165) is 56.0 Å². The normalized spacial score (nSPS) is 9.91. The highest BCUT2D eigenvalue weighted by molar-refractivity contribution is 5.85. The summed E-state index contributed by atoms with van der Waals surface area (Å²) in [4.78, 5) is 22.9. The van der Waals surface area contributed by atoms with E-state index in [0.29, 0.717) is 32.7 Å². The van der Waals surface area contributed by atoms with E-state index in [1.54, 1.807) is 0 Å². The number of carboxylic acids is 1. The van der Waals surface area contributed by atoms with Crippen LogP contribution < -0.4 is 20.5 Å². The average molecular weight is 921 g/mol. The van der Waals surface area contributed by atoms with Crippen molar-refractivity contribution in [1.82, 2.24) is 5.32 Å². The van der Waals surface area contributed by atoms with Crippen molar-refractivity contribution in [3.63, 3.8) is 0 Å². The molecule has 8 rings (SSSR count). The Bertz CT molecular complexity index is 2610. The Labute approximate surface area is 402 Å². The van der Waals surface area contributed by atoms with Crippen molar-refractivity contribution in [1.29, 1.82) is 0 Å². The monoisotopic (exact) mass is 919 g/mol. The molecule has 0 heterocycles. The maximum Gasteiger partial charge on any atom is 0.307 e. The summed E-state index contributed by atoms with van der Waals surface area (Å²) in [5.74, 6) is 0.870. The van der Waals surface area contributed by atoms with Crippen molar-refractivity contribution < 1.29 is 29.9 Å². The molecule has 0 aliphatic rings. The molecule has 0 bridgehead atoms. The van der Waals surface area contributed by atoms with E-state index < -0.39 is 13.1 Å². The molecule has 0 fully saturated rings. The molecule has 346 valence electrons. The molecule has 8 aromatic carbocycles. The summed E-state index contributed by atoms with van der Waals surface area (Å²) in [6, 6.07) is 71.9. The van der Waals surface area contributed by atoms with Crippen molar-refractivity contribution in [2.24, 2.45) is 5.73 Å². The van der Waals surface area contributed by atoms with Gasteiger partial charge in [-0.2, -0.15) is 0 Å². The first-order valence-corrected chi connectivity index (χ1v) is 21.2. The van der Waals surface area contributed by atoms with Crippen LogP contribution in [-0.2, 0) is 48.7 Å². The Hall–Kier alpha value is -7.52. The van der Waals surface area contributed by atoms with Crippen molar-refractivity contribution in [3.05, 3.63) is 252 Å². The number of nitrogens with one attached hydrogen (secondary N) is 1. The van der Waals surface area contributed by atoms with E-state index in [2.05, 4.69) is 29.6 Å². The van der Waals surface area contributed by atoms with E-state index >= 15 is 0 Å². The van der Waals surface area contributed by atoms with E-state index in [1.807, 2.05) is 194 Å². The number of aliphatic carboxylic acids is 1. The number of carbonyl (C=O) groups is 2. The van der Waals surface area contributed by atoms with Gasteiger partial charge in [0.1, 0.15) is 24.7 Å². The number of carbonyl (C=O) groups excluding carboxylic acids is 1. The highest BCUT2D eigenvalue weighted by Crippen LogP contribution is 2.21. The predicted octanol–water partition coefficient (Wildman–Crippen LogP) is 13.1. The van der Waals surface area contributed by atoms with Crippen molar-refractivity contribution in [2.45, 2.75) is 46.6 Å². The molecule has 9 heteroatoms. The molecule has 0 radical (unpaired) electrons. The summed E-state index contributed by atoms with van der Waals surface area (Å²) >= 11 is 0. The number of hydrogen-bond donors (Lipinski definition) is 3. The van der Waals surface area contributed by atoms with Crippen molar-refractivity contribution in [3.8, 4) is 33.8 Å². The first-order valence-electron chi connectivity index (χ1n) is 21.9. The summed E-state index contributed by atoms with van der Waals surface area (Å²) in [5.41, 5.74) is 16.4. The predicted molar refractivity (Wildman–Crippen MR) is 274 cm³/mol. The third-order valence-electron chi connectivity index (χ3n) is 9.86. The standard InChI is InChI=1S/C28H25NO2.C14H15NO.C14H12O2.CH3F.CH4.ClH/c30-28(19-22-14-16-26(17-15-22)25-11-5-2-6-12-25)29-20-24-10-7-13-27(18-24)31-21-23-8-3-1-4-9-23;15-10-13-7-4-8-14(9-13)16-11-12-5-2-1-3-6-12;15-14(16)10-11-6-8-13(9-7-11)12-4-2-1-3-5-12;1-2;;/h1-18H,19-21H2,(H,29,30);1-9H,10-11,15H2;1-9H,10H2,(H,15,16);1H3;1H4;1H/i;;;1D;;. The van der Waals surface area contributed by atoms with Gasteiger partial charge in [0.05, 0.1) is 21.4 Å². The van der Waals surface area contributed by atoms with Crippen LogP contribution in [0.2, 0.25) is 0 Å². The Kier molecular flexibility index (Phi) is 23.8. The second-order valence-corrected chi connectivity index (χ2v) is 14.7. The fourth-order valence-electron chi connectivity index (χ4n) is 6.50. The topological polar surface area (TPSA) is 111 Å². The first kappa shape index (κ1) is 52.1. The first-order chi connectivity index (χ1) is 32.3.